The van der Waals surface area contributed by atoms with Crippen LogP contribution in [0, 0.1) is 20.8 Å². The van der Waals surface area contributed by atoms with Crippen molar-refractivity contribution in [2.45, 2.75) is 40.0 Å². The minimum absolute atomic E-state index is 0.0759. The van der Waals surface area contributed by atoms with E-state index in [0.717, 1.165) is 22.8 Å². The molecular weight excluding hydrogens is 256 g/mol. The molecule has 2 heterocycles. The highest BCUT2D eigenvalue weighted by atomic mass is 16.1. The largest absolute Gasteiger partial charge is 0.300 e. The van der Waals surface area contributed by atoms with Crippen molar-refractivity contribution in [2.24, 2.45) is 7.05 Å². The summed E-state index contributed by atoms with van der Waals surface area (Å²) in [4.78, 5) is 12.1. The lowest BCUT2D eigenvalue weighted by Gasteiger charge is -2.12. The van der Waals surface area contributed by atoms with E-state index >= 15 is 0 Å². The third-order valence-corrected chi connectivity index (χ3v) is 3.51. The highest BCUT2D eigenvalue weighted by Crippen LogP contribution is 2.24. The summed E-state index contributed by atoms with van der Waals surface area (Å²) in [5.74, 6) is 1.26. The van der Waals surface area contributed by atoms with Crippen LogP contribution in [0.5, 0.6) is 0 Å². The Morgan fingerprint density at radius 3 is 2.55 bits per heavy atom. The van der Waals surface area contributed by atoms with E-state index in [4.69, 9.17) is 0 Å². The molecule has 1 atom stereocenters. The molecule has 0 spiro atoms. The Hall–Kier alpha value is -2.18. The topological polar surface area (TPSA) is 88.5 Å². The standard InChI is InChI=1S/C13H20N6O/c1-7(12-8(2)15-16-9(12)3)6-11(20)14-13-18-17-10(4)19(13)5/h7H,6H2,1-5H3,(H,15,16)(H,14,18,20). The van der Waals surface area contributed by atoms with Gasteiger partial charge in [0.15, 0.2) is 0 Å². The van der Waals surface area contributed by atoms with Gasteiger partial charge in [-0.1, -0.05) is 6.92 Å². The van der Waals surface area contributed by atoms with Gasteiger partial charge in [0.05, 0.1) is 5.69 Å². The average molecular weight is 276 g/mol. The molecule has 2 aromatic rings. The molecule has 0 bridgehead atoms. The molecule has 1 amide bonds. The molecule has 7 heteroatoms. The smallest absolute Gasteiger partial charge is 0.230 e. The summed E-state index contributed by atoms with van der Waals surface area (Å²) in [7, 11) is 1.82. The number of H-pyrrole nitrogens is 1. The number of hydrogen-bond donors (Lipinski definition) is 2. The minimum atomic E-state index is -0.0759. The fraction of sp³-hybridized carbons (Fsp3) is 0.538. The predicted octanol–water partition coefficient (Wildman–Crippen LogP) is 1.60. The Kier molecular flexibility index (Phi) is 3.87. The van der Waals surface area contributed by atoms with E-state index in [9.17, 15) is 4.79 Å². The zero-order chi connectivity index (χ0) is 14.9. The molecule has 0 aromatic carbocycles. The van der Waals surface area contributed by atoms with Gasteiger partial charge in [0.1, 0.15) is 5.82 Å². The van der Waals surface area contributed by atoms with E-state index in [1.807, 2.05) is 34.7 Å². The maximum absolute atomic E-state index is 12.1. The highest BCUT2D eigenvalue weighted by molar-refractivity contribution is 5.89. The molecule has 20 heavy (non-hydrogen) atoms. The van der Waals surface area contributed by atoms with Crippen LogP contribution in [0.2, 0.25) is 0 Å². The molecule has 0 saturated carbocycles. The normalized spacial score (nSPS) is 12.4. The first-order valence-corrected chi connectivity index (χ1v) is 6.57. The molecule has 0 aliphatic heterocycles. The van der Waals surface area contributed by atoms with E-state index in [-0.39, 0.29) is 11.8 Å². The third-order valence-electron chi connectivity index (χ3n) is 3.51. The van der Waals surface area contributed by atoms with Gasteiger partial charge in [-0.25, -0.2) is 0 Å². The second kappa shape index (κ2) is 5.44. The van der Waals surface area contributed by atoms with Crippen LogP contribution < -0.4 is 5.32 Å². The summed E-state index contributed by atoms with van der Waals surface area (Å²) < 4.78 is 1.75. The molecule has 1 unspecified atom stereocenters. The number of carbonyl (C=O) groups excluding carboxylic acids is 1. The van der Waals surface area contributed by atoms with E-state index < -0.39 is 0 Å². The van der Waals surface area contributed by atoms with Crippen LogP contribution in [-0.4, -0.2) is 30.9 Å². The van der Waals surface area contributed by atoms with Crippen molar-refractivity contribution in [1.82, 2.24) is 25.0 Å². The van der Waals surface area contributed by atoms with Gasteiger partial charge in [-0.2, -0.15) is 5.10 Å². The Bertz CT molecular complexity index is 607. The molecule has 0 saturated heterocycles. The van der Waals surface area contributed by atoms with Gasteiger partial charge in [-0.3, -0.25) is 15.2 Å². The molecule has 108 valence electrons. The molecule has 7 nitrogen and oxygen atoms in total. The highest BCUT2D eigenvalue weighted by Gasteiger charge is 2.18. The Morgan fingerprint density at radius 2 is 2.05 bits per heavy atom. The number of aromatic amines is 1. The van der Waals surface area contributed by atoms with Crippen molar-refractivity contribution in [1.29, 1.82) is 0 Å². The van der Waals surface area contributed by atoms with Crippen LogP contribution in [0.15, 0.2) is 0 Å². The lowest BCUT2D eigenvalue weighted by atomic mass is 9.96. The van der Waals surface area contributed by atoms with Crippen LogP contribution in [0.4, 0.5) is 5.95 Å². The van der Waals surface area contributed by atoms with Crippen LogP contribution in [0.3, 0.4) is 0 Å². The van der Waals surface area contributed by atoms with Gasteiger partial charge in [0, 0.05) is 19.2 Å². The first kappa shape index (κ1) is 14.2. The zero-order valence-electron chi connectivity index (χ0n) is 12.5. The minimum Gasteiger partial charge on any atom is -0.300 e. The van der Waals surface area contributed by atoms with E-state index in [1.165, 1.54) is 0 Å². The molecule has 0 fully saturated rings. The maximum atomic E-state index is 12.1. The summed E-state index contributed by atoms with van der Waals surface area (Å²) in [6.07, 6.45) is 0.382. The van der Waals surface area contributed by atoms with Gasteiger partial charge >= 0.3 is 0 Å². The fourth-order valence-corrected chi connectivity index (χ4v) is 2.36. The fourth-order valence-electron chi connectivity index (χ4n) is 2.36. The zero-order valence-corrected chi connectivity index (χ0v) is 12.5. The second-order valence-electron chi connectivity index (χ2n) is 5.13. The molecule has 0 radical (unpaired) electrons. The summed E-state index contributed by atoms with van der Waals surface area (Å²) in [5.41, 5.74) is 3.06. The summed E-state index contributed by atoms with van der Waals surface area (Å²) >= 11 is 0. The lowest BCUT2D eigenvalue weighted by molar-refractivity contribution is -0.116. The van der Waals surface area contributed by atoms with Crippen LogP contribution in [0.25, 0.3) is 0 Å². The number of amides is 1. The average Bonchev–Trinajstić information content (AvgIpc) is 2.86. The van der Waals surface area contributed by atoms with Crippen molar-refractivity contribution in [2.75, 3.05) is 5.32 Å². The number of nitrogens with one attached hydrogen (secondary N) is 2. The van der Waals surface area contributed by atoms with Crippen molar-refractivity contribution in [3.8, 4) is 0 Å². The number of aryl methyl sites for hydroxylation is 3. The number of carbonyl (C=O) groups is 1. The molecule has 2 aromatic heterocycles. The van der Waals surface area contributed by atoms with Gasteiger partial charge in [-0.05, 0) is 32.3 Å². The summed E-state index contributed by atoms with van der Waals surface area (Å²) in [6.45, 7) is 7.77. The summed E-state index contributed by atoms with van der Waals surface area (Å²) in [6, 6.07) is 0. The van der Waals surface area contributed by atoms with Crippen molar-refractivity contribution >= 4 is 11.9 Å². The monoisotopic (exact) mass is 276 g/mol. The number of hydrogen-bond acceptors (Lipinski definition) is 4. The Balaban J connectivity index is 2.03. The van der Waals surface area contributed by atoms with E-state index in [1.54, 1.807) is 4.57 Å². The number of nitrogens with zero attached hydrogens (tertiary/aromatic N) is 4. The Morgan fingerprint density at radius 1 is 1.35 bits per heavy atom. The molecular formula is C13H20N6O. The van der Waals surface area contributed by atoms with Crippen LogP contribution >= 0.6 is 0 Å². The van der Waals surface area contributed by atoms with Crippen molar-refractivity contribution in [3.63, 3.8) is 0 Å². The second-order valence-corrected chi connectivity index (χ2v) is 5.13. The Labute approximate surface area is 117 Å². The van der Waals surface area contributed by atoms with Gasteiger partial charge in [0.2, 0.25) is 11.9 Å². The molecule has 0 aliphatic carbocycles. The molecule has 2 N–H and O–H groups in total. The first-order valence-electron chi connectivity index (χ1n) is 6.57. The SMILES string of the molecule is Cc1n[nH]c(C)c1C(C)CC(=O)Nc1nnc(C)n1C. The van der Waals surface area contributed by atoms with E-state index in [2.05, 4.69) is 25.7 Å². The summed E-state index contributed by atoms with van der Waals surface area (Å²) in [5, 5.41) is 17.7. The molecule has 2 rings (SSSR count). The van der Waals surface area contributed by atoms with E-state index in [0.29, 0.717) is 12.4 Å². The van der Waals surface area contributed by atoms with Crippen molar-refractivity contribution in [3.05, 3.63) is 22.8 Å². The number of rotatable bonds is 4. The van der Waals surface area contributed by atoms with Crippen LogP contribution in [-0.2, 0) is 11.8 Å². The van der Waals surface area contributed by atoms with Crippen molar-refractivity contribution < 1.29 is 4.79 Å². The first-order chi connectivity index (χ1) is 9.40. The lowest BCUT2D eigenvalue weighted by Crippen LogP contribution is -2.17. The third kappa shape index (κ3) is 2.71. The van der Waals surface area contributed by atoms with Crippen LogP contribution in [0.1, 0.15) is 42.0 Å². The number of aromatic nitrogens is 5. The van der Waals surface area contributed by atoms with Gasteiger partial charge < -0.3 is 4.57 Å². The number of anilines is 1. The molecule has 0 aliphatic rings. The maximum Gasteiger partial charge on any atom is 0.230 e. The van der Waals surface area contributed by atoms with Gasteiger partial charge in [-0.15, -0.1) is 10.2 Å². The predicted molar refractivity (Wildman–Crippen MR) is 75.5 cm³/mol. The quantitative estimate of drug-likeness (QED) is 0.887. The van der Waals surface area contributed by atoms with Gasteiger partial charge in [0.25, 0.3) is 0 Å².